The van der Waals surface area contributed by atoms with E-state index in [1.165, 1.54) is 19.3 Å². The van der Waals surface area contributed by atoms with Crippen LogP contribution < -0.4 is 10.1 Å². The summed E-state index contributed by atoms with van der Waals surface area (Å²) in [5.74, 6) is 0.849. The second-order valence-electron chi connectivity index (χ2n) is 6.04. The molecular formula is C17H27ClN2O. The minimum absolute atomic E-state index is 0.539. The Morgan fingerprint density at radius 2 is 2.24 bits per heavy atom. The maximum atomic E-state index is 5.97. The molecule has 1 heterocycles. The van der Waals surface area contributed by atoms with Crippen molar-refractivity contribution in [3.05, 3.63) is 29.3 Å². The van der Waals surface area contributed by atoms with Gasteiger partial charge in [-0.25, -0.2) is 0 Å². The van der Waals surface area contributed by atoms with Crippen LogP contribution in [0.2, 0.25) is 5.02 Å². The lowest BCUT2D eigenvalue weighted by atomic mass is 10.0. The van der Waals surface area contributed by atoms with Crippen molar-refractivity contribution in [2.45, 2.75) is 45.2 Å². The van der Waals surface area contributed by atoms with Gasteiger partial charge in [0, 0.05) is 30.2 Å². The van der Waals surface area contributed by atoms with Gasteiger partial charge in [-0.05, 0) is 51.4 Å². The fourth-order valence-corrected chi connectivity index (χ4v) is 2.94. The monoisotopic (exact) mass is 310 g/mol. The van der Waals surface area contributed by atoms with Crippen molar-refractivity contribution in [2.75, 3.05) is 26.2 Å². The fourth-order valence-electron chi connectivity index (χ4n) is 2.76. The normalized spacial score (nSPS) is 19.2. The number of rotatable bonds is 7. The van der Waals surface area contributed by atoms with E-state index in [1.807, 2.05) is 24.3 Å². The molecule has 1 aromatic rings. The molecule has 1 aliphatic rings. The third-order valence-corrected chi connectivity index (χ3v) is 4.28. The summed E-state index contributed by atoms with van der Waals surface area (Å²) in [5, 5.41) is 4.34. The summed E-state index contributed by atoms with van der Waals surface area (Å²) < 4.78 is 5.81. The molecule has 3 nitrogen and oxygen atoms in total. The lowest BCUT2D eigenvalue weighted by Crippen LogP contribution is -2.47. The van der Waals surface area contributed by atoms with Gasteiger partial charge in [0.1, 0.15) is 12.4 Å². The Kier molecular flexibility index (Phi) is 6.81. The van der Waals surface area contributed by atoms with E-state index >= 15 is 0 Å². The zero-order valence-corrected chi connectivity index (χ0v) is 13.9. The summed E-state index contributed by atoms with van der Waals surface area (Å²) in [6, 6.07) is 8.77. The molecule has 1 aliphatic heterocycles. The van der Waals surface area contributed by atoms with Gasteiger partial charge in [0.05, 0.1) is 0 Å². The molecule has 4 heteroatoms. The van der Waals surface area contributed by atoms with Gasteiger partial charge in [0.2, 0.25) is 0 Å². The molecule has 118 valence electrons. The fraction of sp³-hybridized carbons (Fsp3) is 0.647. The zero-order valence-electron chi connectivity index (χ0n) is 13.1. The molecule has 0 aromatic heterocycles. The molecule has 2 rings (SSSR count). The average molecular weight is 311 g/mol. The van der Waals surface area contributed by atoms with Gasteiger partial charge in [-0.1, -0.05) is 24.1 Å². The largest absolute Gasteiger partial charge is 0.492 e. The van der Waals surface area contributed by atoms with Gasteiger partial charge >= 0.3 is 0 Å². The third-order valence-electron chi connectivity index (χ3n) is 4.04. The second kappa shape index (κ2) is 8.62. The number of nitrogens with one attached hydrogen (secondary N) is 1. The molecular weight excluding hydrogens is 284 g/mol. The lowest BCUT2D eigenvalue weighted by molar-refractivity contribution is 0.153. The number of hydrogen-bond donors (Lipinski definition) is 1. The molecule has 1 N–H and O–H groups in total. The number of benzene rings is 1. The summed E-state index contributed by atoms with van der Waals surface area (Å²) >= 11 is 5.97. The smallest absolute Gasteiger partial charge is 0.120 e. The van der Waals surface area contributed by atoms with Gasteiger partial charge in [-0.15, -0.1) is 0 Å². The van der Waals surface area contributed by atoms with Crippen molar-refractivity contribution in [2.24, 2.45) is 0 Å². The first-order valence-electron chi connectivity index (χ1n) is 8.01. The van der Waals surface area contributed by atoms with E-state index in [4.69, 9.17) is 16.3 Å². The van der Waals surface area contributed by atoms with Gasteiger partial charge in [-0.3, -0.25) is 4.90 Å². The van der Waals surface area contributed by atoms with Crippen LogP contribution in [0, 0.1) is 0 Å². The number of piperidine rings is 1. The molecule has 21 heavy (non-hydrogen) atoms. The molecule has 1 unspecified atom stereocenters. The molecule has 1 saturated heterocycles. The minimum atomic E-state index is 0.539. The van der Waals surface area contributed by atoms with Crippen LogP contribution >= 0.6 is 11.6 Å². The van der Waals surface area contributed by atoms with E-state index in [0.717, 1.165) is 30.4 Å². The molecule has 0 amide bonds. The maximum absolute atomic E-state index is 5.97. The highest BCUT2D eigenvalue weighted by Crippen LogP contribution is 2.17. The van der Waals surface area contributed by atoms with Gasteiger partial charge < -0.3 is 10.1 Å². The average Bonchev–Trinajstić information content (AvgIpc) is 2.47. The molecule has 0 aliphatic carbocycles. The van der Waals surface area contributed by atoms with Crippen molar-refractivity contribution in [1.82, 2.24) is 10.2 Å². The van der Waals surface area contributed by atoms with Gasteiger partial charge in [0.25, 0.3) is 0 Å². The van der Waals surface area contributed by atoms with E-state index in [9.17, 15) is 0 Å². The Hall–Kier alpha value is -0.770. The Balaban J connectivity index is 1.77. The second-order valence-corrected chi connectivity index (χ2v) is 6.48. The van der Waals surface area contributed by atoms with Crippen molar-refractivity contribution in [1.29, 1.82) is 0 Å². The first-order valence-corrected chi connectivity index (χ1v) is 8.39. The van der Waals surface area contributed by atoms with Crippen molar-refractivity contribution in [3.63, 3.8) is 0 Å². The molecule has 0 saturated carbocycles. The summed E-state index contributed by atoms with van der Waals surface area (Å²) in [5.41, 5.74) is 0. The summed E-state index contributed by atoms with van der Waals surface area (Å²) in [6.07, 6.45) is 3.96. The number of halogens is 1. The SMILES string of the molecule is CC(C)N(CCOc1cccc(Cl)c1)CC1CCCCN1. The number of nitrogens with zero attached hydrogens (tertiary/aromatic N) is 1. The Bertz CT molecular complexity index is 419. The minimum Gasteiger partial charge on any atom is -0.492 e. The van der Waals surface area contributed by atoms with Gasteiger partial charge in [-0.2, -0.15) is 0 Å². The first kappa shape index (κ1) is 16.6. The van der Waals surface area contributed by atoms with Crippen LogP contribution in [-0.4, -0.2) is 43.2 Å². The van der Waals surface area contributed by atoms with Crippen molar-refractivity contribution in [3.8, 4) is 5.75 Å². The molecule has 1 fully saturated rings. The molecule has 0 radical (unpaired) electrons. The summed E-state index contributed by atoms with van der Waals surface area (Å²) in [4.78, 5) is 2.49. The van der Waals surface area contributed by atoms with E-state index in [2.05, 4.69) is 24.1 Å². The molecule has 1 atom stereocenters. The molecule has 0 bridgehead atoms. The summed E-state index contributed by atoms with van der Waals surface area (Å²) in [7, 11) is 0. The molecule has 1 aromatic carbocycles. The van der Waals surface area contributed by atoms with Gasteiger partial charge in [0.15, 0.2) is 0 Å². The molecule has 0 spiro atoms. The Morgan fingerprint density at radius 3 is 2.90 bits per heavy atom. The van der Waals surface area contributed by atoms with E-state index in [-0.39, 0.29) is 0 Å². The van der Waals surface area contributed by atoms with Crippen LogP contribution in [0.15, 0.2) is 24.3 Å². The van der Waals surface area contributed by atoms with Crippen LogP contribution in [0.25, 0.3) is 0 Å². The number of hydrogen-bond acceptors (Lipinski definition) is 3. The van der Waals surface area contributed by atoms with Crippen LogP contribution in [0.5, 0.6) is 5.75 Å². The van der Waals surface area contributed by atoms with Crippen molar-refractivity contribution >= 4 is 11.6 Å². The first-order chi connectivity index (χ1) is 10.1. The topological polar surface area (TPSA) is 24.5 Å². The maximum Gasteiger partial charge on any atom is 0.120 e. The highest BCUT2D eigenvalue weighted by atomic mass is 35.5. The van der Waals surface area contributed by atoms with Crippen LogP contribution in [0.4, 0.5) is 0 Å². The third kappa shape index (κ3) is 5.85. The predicted molar refractivity (Wildman–Crippen MR) is 89.3 cm³/mol. The highest BCUT2D eigenvalue weighted by molar-refractivity contribution is 6.30. The van der Waals surface area contributed by atoms with Crippen LogP contribution in [0.1, 0.15) is 33.1 Å². The predicted octanol–water partition coefficient (Wildman–Crippen LogP) is 3.57. The quantitative estimate of drug-likeness (QED) is 0.833. The van der Waals surface area contributed by atoms with E-state index in [1.54, 1.807) is 0 Å². The lowest BCUT2D eigenvalue weighted by Gasteiger charge is -2.33. The Morgan fingerprint density at radius 1 is 1.38 bits per heavy atom. The van der Waals surface area contributed by atoms with E-state index < -0.39 is 0 Å². The van der Waals surface area contributed by atoms with Crippen molar-refractivity contribution < 1.29 is 4.74 Å². The number of ether oxygens (including phenoxy) is 1. The highest BCUT2D eigenvalue weighted by Gasteiger charge is 2.18. The Labute approximate surface area is 133 Å². The standard InChI is InChI=1S/C17H27ClN2O/c1-14(2)20(13-16-7-3-4-9-19-16)10-11-21-17-8-5-6-15(18)12-17/h5-6,8,12,14,16,19H,3-4,7,9-11,13H2,1-2H3. The summed E-state index contributed by atoms with van der Waals surface area (Å²) in [6.45, 7) is 8.42. The van der Waals surface area contributed by atoms with E-state index in [0.29, 0.717) is 18.7 Å². The zero-order chi connectivity index (χ0) is 15.1. The van der Waals surface area contributed by atoms with Crippen LogP contribution in [0.3, 0.4) is 0 Å². The van der Waals surface area contributed by atoms with Crippen LogP contribution in [-0.2, 0) is 0 Å².